The molecule has 3 aliphatic heterocycles. The van der Waals surface area contributed by atoms with Crippen LogP contribution in [-0.2, 0) is 20.9 Å². The predicted octanol–water partition coefficient (Wildman–Crippen LogP) is -3.65. The summed E-state index contributed by atoms with van der Waals surface area (Å²) in [6, 6.07) is 8.61. The number of hydrogen-bond acceptors (Lipinski definition) is 11. The maximum atomic E-state index is 14.0. The number of anilines is 4. The molecular weight excluding hydrogens is 886 g/mol. The van der Waals surface area contributed by atoms with Gasteiger partial charge in [0.1, 0.15) is 29.7 Å². The van der Waals surface area contributed by atoms with E-state index in [2.05, 4.69) is 30.7 Å². The number of hydrogen-bond donors (Lipinski definition) is 4. The molecule has 0 spiro atoms. The van der Waals surface area contributed by atoms with Crippen molar-refractivity contribution < 1.29 is 51.4 Å². The highest BCUT2D eigenvalue weighted by Crippen LogP contribution is 2.37. The number of methoxy groups -OCH3 is 1. The second-order valence-corrected chi connectivity index (χ2v) is 15.5. The summed E-state index contributed by atoms with van der Waals surface area (Å²) in [5.74, 6) is -1.66. The number of amides is 3. The fraction of sp³-hybridized carbons (Fsp3) is 0.200. The van der Waals surface area contributed by atoms with E-state index in [1.807, 2.05) is 4.90 Å². The molecule has 0 atom stereocenters. The van der Waals surface area contributed by atoms with Crippen molar-refractivity contribution in [2.75, 3.05) is 54.3 Å². The van der Waals surface area contributed by atoms with Gasteiger partial charge in [-0.15, -0.1) is 0 Å². The predicted molar refractivity (Wildman–Crippen MR) is 286 cm³/mol. The number of benzene rings is 3. The van der Waals surface area contributed by atoms with Crippen molar-refractivity contribution in [3.8, 4) is 17.2 Å². The van der Waals surface area contributed by atoms with Gasteiger partial charge in [0.05, 0.1) is 59.9 Å². The summed E-state index contributed by atoms with van der Waals surface area (Å²) >= 11 is 0. The standard InChI is InChI=1S/C14H15FN4O3.C8H5FN2O4.C8H6FNO2.B21/c1-21-14(20)18-11-5-12-13(4-10(11)15)22-3-2-19(12)7-9-6-16-8-17-9;9-4-1-7-5(2-6(4)11(13)14)10-8(12)3-15-7;9-5-1-2-6-7(3-5)12-4-8(11)10-6;1-12-18(13(2)3)21(19(14(4)5)15(6)7)20(16(8)9)17(10)11/h4-6,8H,2-3,7H2,1H3,(H,16,17)(H,18,20);1-2H,3H2,(H,10,12);1-3H,4H2,(H,10,11);. The summed E-state index contributed by atoms with van der Waals surface area (Å²) < 4.78 is 59.5. The van der Waals surface area contributed by atoms with E-state index >= 15 is 0 Å². The second-order valence-electron chi connectivity index (χ2n) is 15.5. The van der Waals surface area contributed by atoms with E-state index in [4.69, 9.17) is 99.3 Å². The lowest BCUT2D eigenvalue weighted by molar-refractivity contribution is -0.387. The van der Waals surface area contributed by atoms with Gasteiger partial charge in [0.25, 0.3) is 11.8 Å². The first-order valence-electron chi connectivity index (χ1n) is 20.8. The average Bonchev–Trinajstić information content (AvgIpc) is 3.80. The van der Waals surface area contributed by atoms with Gasteiger partial charge in [0.15, 0.2) is 19.0 Å². The van der Waals surface area contributed by atoms with Crippen LogP contribution in [0, 0.1) is 27.6 Å². The van der Waals surface area contributed by atoms with Crippen molar-refractivity contribution in [1.82, 2.24) is 9.97 Å². The number of halogens is 3. The lowest BCUT2D eigenvalue weighted by Crippen LogP contribution is -2.81. The number of rotatable bonds is 13. The largest absolute Gasteiger partial charge is 0.489 e. The number of imidazole rings is 1. The number of ether oxygens (including phenoxy) is 4. The molecule has 4 aromatic rings. The number of fused-ring (bicyclic) bond motifs is 3. The van der Waals surface area contributed by atoms with Gasteiger partial charge in [-0.2, -0.15) is 4.39 Å². The molecule has 4 heterocycles. The van der Waals surface area contributed by atoms with Crippen LogP contribution < -0.4 is 35.1 Å². The van der Waals surface area contributed by atoms with Crippen LogP contribution in [-0.4, -0.2) is 216 Å². The Morgan fingerprint density at radius 2 is 1.39 bits per heavy atom. The Hall–Kier alpha value is -5.17. The van der Waals surface area contributed by atoms with Crippen LogP contribution in [0.4, 0.5) is 46.4 Å². The van der Waals surface area contributed by atoms with E-state index in [9.17, 15) is 37.7 Å². The van der Waals surface area contributed by atoms with Crippen LogP contribution in [0.5, 0.6) is 17.2 Å². The van der Waals surface area contributed by atoms with Crippen molar-refractivity contribution in [3.63, 3.8) is 0 Å². The number of nitrogens with zero attached hydrogens (tertiary/aromatic N) is 3. The third-order valence-electron chi connectivity index (χ3n) is 10.6. The Kier molecular flexibility index (Phi) is 22.0. The zero-order chi connectivity index (χ0) is 52.0. The molecule has 3 aromatic carbocycles. The topological polar surface area (TPSA) is 199 Å². The summed E-state index contributed by atoms with van der Waals surface area (Å²) in [6.45, 7) is 1.43. The van der Waals surface area contributed by atoms with Gasteiger partial charge in [-0.05, 0) is 18.2 Å². The van der Waals surface area contributed by atoms with Crippen molar-refractivity contribution in [3.05, 3.63) is 88.2 Å². The summed E-state index contributed by atoms with van der Waals surface area (Å²) in [6.07, 6.45) is -4.17. The van der Waals surface area contributed by atoms with Gasteiger partial charge in [0.2, 0.25) is 5.82 Å². The van der Waals surface area contributed by atoms with E-state index in [1.165, 1.54) is 44.5 Å². The molecule has 319 valence electrons. The molecule has 7 rings (SSSR count). The Morgan fingerprint density at radius 1 is 0.814 bits per heavy atom. The van der Waals surface area contributed by atoms with Gasteiger partial charge >= 0.3 is 11.8 Å². The fourth-order valence-electron chi connectivity index (χ4n) is 7.39. The molecule has 70 heavy (non-hydrogen) atoms. The van der Waals surface area contributed by atoms with E-state index < -0.39 is 91.7 Å². The van der Waals surface area contributed by atoms with Crippen molar-refractivity contribution in [2.24, 2.45) is 0 Å². The Bertz CT molecular complexity index is 2390. The number of aromatic nitrogens is 2. The molecule has 1 aromatic heterocycles. The summed E-state index contributed by atoms with van der Waals surface area (Å²) in [5.41, 5.74) is 1.62. The van der Waals surface area contributed by atoms with Crippen LogP contribution in [0.2, 0.25) is 0 Å². The number of nitrogens with one attached hydrogen (secondary N) is 4. The first-order chi connectivity index (χ1) is 33.1. The number of carbonyl (C=O) groups is 3. The third kappa shape index (κ3) is 15.9. The lowest BCUT2D eigenvalue weighted by atomic mass is 8.38. The molecule has 23 radical (unpaired) electrons. The number of nitro groups is 1. The van der Waals surface area contributed by atoms with E-state index in [0.717, 1.165) is 17.8 Å². The molecule has 0 fully saturated rings. The highest BCUT2D eigenvalue weighted by Gasteiger charge is 2.45. The lowest BCUT2D eigenvalue weighted by Gasteiger charge is -2.43. The number of H-pyrrole nitrogens is 1. The molecule has 0 aliphatic carbocycles. The van der Waals surface area contributed by atoms with Gasteiger partial charge in [-0.1, -0.05) is 0 Å². The minimum atomic E-state index is -0.991. The quantitative estimate of drug-likeness (QED) is 0.0587. The highest BCUT2D eigenvalue weighted by molar-refractivity contribution is 8.20. The summed E-state index contributed by atoms with van der Waals surface area (Å²) in [7, 11) is 66.0. The molecule has 40 heteroatoms. The average molecular weight is 913 g/mol. The first-order valence-corrected chi connectivity index (χ1v) is 20.8. The second kappa shape index (κ2) is 26.9. The normalized spacial score (nSPS) is 12.4. The summed E-state index contributed by atoms with van der Waals surface area (Å²) in [5, 5.41) is 17.7. The number of carbonyl (C=O) groups excluding carboxylic acids is 3. The minimum absolute atomic E-state index is 0.0452. The molecule has 3 aliphatic rings. The third-order valence-corrected chi connectivity index (χ3v) is 10.6. The zero-order valence-electron chi connectivity index (χ0n) is 37.5. The van der Waals surface area contributed by atoms with E-state index in [0.29, 0.717) is 42.6 Å². The van der Waals surface area contributed by atoms with Crippen molar-refractivity contribution in [1.29, 1.82) is 0 Å². The smallest absolute Gasteiger partial charge is 0.411 e. The Balaban J connectivity index is 0.000000208. The minimum Gasteiger partial charge on any atom is -0.489 e. The molecule has 16 nitrogen and oxygen atoms in total. The van der Waals surface area contributed by atoms with Crippen LogP contribution >= 0.6 is 0 Å². The monoisotopic (exact) mass is 916 g/mol. The van der Waals surface area contributed by atoms with E-state index in [1.54, 1.807) is 12.5 Å². The van der Waals surface area contributed by atoms with Crippen LogP contribution in [0.1, 0.15) is 5.69 Å². The fourth-order valence-corrected chi connectivity index (χ4v) is 7.39. The van der Waals surface area contributed by atoms with Crippen LogP contribution in [0.15, 0.2) is 55.0 Å². The number of aromatic amines is 1. The summed E-state index contributed by atoms with van der Waals surface area (Å²) in [4.78, 5) is 51.5. The molecule has 3 amide bonds. The Morgan fingerprint density at radius 3 is 1.90 bits per heavy atom. The number of nitro benzene ring substituents is 1. The highest BCUT2D eigenvalue weighted by atomic mass is 19.1. The van der Waals surface area contributed by atoms with Crippen LogP contribution in [0.3, 0.4) is 0 Å². The zero-order valence-corrected chi connectivity index (χ0v) is 37.5. The van der Waals surface area contributed by atoms with Crippen molar-refractivity contribution in [2.45, 2.75) is 6.54 Å². The van der Waals surface area contributed by atoms with Crippen molar-refractivity contribution >= 4 is 196 Å². The SMILES string of the molecule is COC(=O)Nc1cc2c(cc1F)OCCN2Cc1cnc[nH]1.O=C1COc2cc(F)c([N+](=O)[O-])cc2N1.O=C1COc2cc(F)ccc2N1.[B][B]B(B([B])[B])B(B(B([B])[B])B([B])[B])B(B([B])[B])B([B])[B]. The maximum Gasteiger partial charge on any atom is 0.411 e. The van der Waals surface area contributed by atoms with E-state index in [-0.39, 0.29) is 42.1 Å². The van der Waals surface area contributed by atoms with Gasteiger partial charge < -0.3 is 39.5 Å². The Labute approximate surface area is 422 Å². The van der Waals surface area contributed by atoms with Crippen LogP contribution in [0.25, 0.3) is 0 Å². The first kappa shape index (κ1) is 57.4. The van der Waals surface area contributed by atoms with Gasteiger partial charge in [-0.3, -0.25) is 25.0 Å². The maximum absolute atomic E-state index is 14.0. The van der Waals surface area contributed by atoms with Gasteiger partial charge in [-0.25, -0.2) is 18.6 Å². The molecule has 0 unspecified atom stereocenters. The molecule has 0 saturated carbocycles. The molecule has 0 bridgehead atoms. The molecule has 4 N–H and O–H groups in total. The molecular formula is C30H26B21F3N7O9. The van der Waals surface area contributed by atoms with Gasteiger partial charge in [0, 0.05) is 180 Å². The molecule has 0 saturated heterocycles.